The number of hydrogen-bond donors (Lipinski definition) is 1. The third-order valence-electron chi connectivity index (χ3n) is 6.53. The van der Waals surface area contributed by atoms with Crippen molar-refractivity contribution in [2.75, 3.05) is 0 Å². The number of hydrogen-bond acceptors (Lipinski definition) is 3. The number of aliphatic hydroxyl groups is 1. The molecule has 0 aromatic heterocycles. The van der Waals surface area contributed by atoms with Crippen LogP contribution in [0.2, 0.25) is 0 Å². The Morgan fingerprint density at radius 1 is 1.35 bits per heavy atom. The van der Waals surface area contributed by atoms with Crippen LogP contribution in [0, 0.1) is 5.41 Å². The molecule has 4 unspecified atom stereocenters. The molecular weight excluding hydrogens is 324 g/mol. The van der Waals surface area contributed by atoms with E-state index in [1.165, 1.54) is 16.9 Å². The zero-order valence-electron chi connectivity index (χ0n) is 17.4. The molecule has 0 saturated carbocycles. The smallest absolute Gasteiger partial charge is 0.0999 e. The second-order valence-electron chi connectivity index (χ2n) is 9.53. The molecule has 4 atom stereocenters. The zero-order chi connectivity index (χ0) is 18.9. The van der Waals surface area contributed by atoms with Gasteiger partial charge in [0.25, 0.3) is 0 Å². The molecule has 3 aliphatic rings. The standard InChI is InChI=1S/C23H38O3/c1-6-23-15-14-20-18(19(23)12-13-21(23)24)11-10-17(25-20)9-7-8-16(2)26-22(3,4)5/h12,16-17,21,24H,6-11,13-15H2,1-5H3. The van der Waals surface area contributed by atoms with E-state index in [1.54, 1.807) is 0 Å². The third-order valence-corrected chi connectivity index (χ3v) is 6.53. The number of rotatable bonds is 6. The van der Waals surface area contributed by atoms with Crippen molar-refractivity contribution in [3.05, 3.63) is 23.0 Å². The van der Waals surface area contributed by atoms with Crippen molar-refractivity contribution in [3.8, 4) is 0 Å². The Morgan fingerprint density at radius 2 is 2.12 bits per heavy atom. The average Bonchev–Trinajstić information content (AvgIpc) is 2.90. The van der Waals surface area contributed by atoms with Crippen molar-refractivity contribution in [3.63, 3.8) is 0 Å². The van der Waals surface area contributed by atoms with Gasteiger partial charge in [-0.05, 0) is 90.2 Å². The molecule has 148 valence electrons. The molecule has 1 aliphatic heterocycles. The summed E-state index contributed by atoms with van der Waals surface area (Å²) in [4.78, 5) is 0. The second kappa shape index (κ2) is 7.67. The first-order valence-corrected chi connectivity index (χ1v) is 10.7. The van der Waals surface area contributed by atoms with Gasteiger partial charge >= 0.3 is 0 Å². The van der Waals surface area contributed by atoms with Crippen LogP contribution in [0.1, 0.15) is 92.4 Å². The SMILES string of the molecule is CCC12CCC3=C(CCC(CCCC(C)OC(C)(C)C)O3)C1=CCC2O. The van der Waals surface area contributed by atoms with Crippen molar-refractivity contribution in [1.82, 2.24) is 0 Å². The van der Waals surface area contributed by atoms with E-state index in [0.717, 1.165) is 57.8 Å². The Bertz CT molecular complexity index is 568. The van der Waals surface area contributed by atoms with Gasteiger partial charge in [0.15, 0.2) is 0 Å². The molecule has 0 aromatic carbocycles. The van der Waals surface area contributed by atoms with Gasteiger partial charge in [-0.3, -0.25) is 0 Å². The lowest BCUT2D eigenvalue weighted by Gasteiger charge is -2.43. The summed E-state index contributed by atoms with van der Waals surface area (Å²) in [7, 11) is 0. The lowest BCUT2D eigenvalue weighted by molar-refractivity contribution is -0.0562. The highest BCUT2D eigenvalue weighted by Gasteiger charge is 2.48. The molecule has 0 radical (unpaired) electrons. The zero-order valence-corrected chi connectivity index (χ0v) is 17.4. The summed E-state index contributed by atoms with van der Waals surface area (Å²) in [5, 5.41) is 10.5. The minimum atomic E-state index is -0.196. The molecule has 3 rings (SSSR count). The molecule has 0 amide bonds. The number of aliphatic hydroxyl groups excluding tert-OH is 1. The first kappa shape index (κ1) is 19.9. The maximum absolute atomic E-state index is 10.5. The van der Waals surface area contributed by atoms with Gasteiger partial charge in [0.1, 0.15) is 0 Å². The van der Waals surface area contributed by atoms with Crippen LogP contribution >= 0.6 is 0 Å². The second-order valence-corrected chi connectivity index (χ2v) is 9.53. The number of allylic oxidation sites excluding steroid dienone is 2. The molecule has 0 aromatic rings. The van der Waals surface area contributed by atoms with Crippen LogP contribution in [0.25, 0.3) is 0 Å². The molecule has 0 saturated heterocycles. The maximum Gasteiger partial charge on any atom is 0.0999 e. The van der Waals surface area contributed by atoms with Crippen LogP contribution in [0.5, 0.6) is 0 Å². The van der Waals surface area contributed by atoms with Crippen LogP contribution in [-0.4, -0.2) is 29.0 Å². The summed E-state index contributed by atoms with van der Waals surface area (Å²) < 4.78 is 12.4. The molecule has 0 bridgehead atoms. The molecule has 0 spiro atoms. The Balaban J connectivity index is 1.54. The summed E-state index contributed by atoms with van der Waals surface area (Å²) in [6.07, 6.45) is 12.2. The van der Waals surface area contributed by atoms with Gasteiger partial charge in [-0.1, -0.05) is 13.0 Å². The normalized spacial score (nSPS) is 32.6. The van der Waals surface area contributed by atoms with E-state index < -0.39 is 0 Å². The van der Waals surface area contributed by atoms with E-state index >= 15 is 0 Å². The lowest BCUT2D eigenvalue weighted by atomic mass is 9.66. The van der Waals surface area contributed by atoms with Gasteiger partial charge < -0.3 is 14.6 Å². The summed E-state index contributed by atoms with van der Waals surface area (Å²) in [5.41, 5.74) is 2.79. The van der Waals surface area contributed by atoms with E-state index in [4.69, 9.17) is 9.47 Å². The predicted molar refractivity (Wildman–Crippen MR) is 106 cm³/mol. The fourth-order valence-electron chi connectivity index (χ4n) is 5.27. The van der Waals surface area contributed by atoms with Gasteiger partial charge in [0, 0.05) is 11.8 Å². The molecule has 2 aliphatic carbocycles. The average molecular weight is 363 g/mol. The molecular formula is C23H38O3. The summed E-state index contributed by atoms with van der Waals surface area (Å²) in [5.74, 6) is 1.23. The van der Waals surface area contributed by atoms with Crippen molar-refractivity contribution in [2.45, 2.75) is 116 Å². The van der Waals surface area contributed by atoms with Crippen molar-refractivity contribution in [2.24, 2.45) is 5.41 Å². The minimum absolute atomic E-state index is 0.00869. The topological polar surface area (TPSA) is 38.7 Å². The van der Waals surface area contributed by atoms with Gasteiger partial charge in [0.05, 0.1) is 29.7 Å². The van der Waals surface area contributed by atoms with Crippen LogP contribution in [0.4, 0.5) is 0 Å². The van der Waals surface area contributed by atoms with Crippen LogP contribution < -0.4 is 0 Å². The summed E-state index contributed by atoms with van der Waals surface area (Å²) in [6, 6.07) is 0. The Morgan fingerprint density at radius 3 is 2.81 bits per heavy atom. The highest BCUT2D eigenvalue weighted by atomic mass is 16.5. The largest absolute Gasteiger partial charge is 0.494 e. The third kappa shape index (κ3) is 4.04. The molecule has 3 nitrogen and oxygen atoms in total. The van der Waals surface area contributed by atoms with E-state index in [-0.39, 0.29) is 17.1 Å². The Labute approximate surface area is 159 Å². The summed E-state index contributed by atoms with van der Waals surface area (Å²) in [6.45, 7) is 10.8. The van der Waals surface area contributed by atoms with Crippen LogP contribution in [0.15, 0.2) is 23.0 Å². The van der Waals surface area contributed by atoms with Gasteiger partial charge in [0.2, 0.25) is 0 Å². The molecule has 26 heavy (non-hydrogen) atoms. The van der Waals surface area contributed by atoms with Crippen LogP contribution in [-0.2, 0) is 9.47 Å². The van der Waals surface area contributed by atoms with E-state index in [1.807, 2.05) is 0 Å². The highest BCUT2D eigenvalue weighted by Crippen LogP contribution is 2.55. The molecule has 1 N–H and O–H groups in total. The minimum Gasteiger partial charge on any atom is -0.494 e. The Hall–Kier alpha value is -0.800. The van der Waals surface area contributed by atoms with Gasteiger partial charge in [-0.25, -0.2) is 0 Å². The fraction of sp³-hybridized carbons (Fsp3) is 0.826. The molecule has 1 heterocycles. The number of fused-ring (bicyclic) bond motifs is 2. The predicted octanol–water partition coefficient (Wildman–Crippen LogP) is 5.67. The molecule has 0 fully saturated rings. The summed E-state index contributed by atoms with van der Waals surface area (Å²) >= 11 is 0. The quantitative estimate of drug-likeness (QED) is 0.661. The Kier molecular flexibility index (Phi) is 5.89. The molecule has 3 heteroatoms. The lowest BCUT2D eigenvalue weighted by Crippen LogP contribution is -2.37. The monoisotopic (exact) mass is 362 g/mol. The maximum atomic E-state index is 10.5. The number of ether oxygens (including phenoxy) is 2. The van der Waals surface area contributed by atoms with E-state index in [0.29, 0.717) is 12.2 Å². The van der Waals surface area contributed by atoms with E-state index in [9.17, 15) is 5.11 Å². The first-order valence-electron chi connectivity index (χ1n) is 10.7. The first-order chi connectivity index (χ1) is 12.2. The van der Waals surface area contributed by atoms with Gasteiger partial charge in [-0.2, -0.15) is 0 Å². The van der Waals surface area contributed by atoms with Crippen LogP contribution in [0.3, 0.4) is 0 Å². The van der Waals surface area contributed by atoms with Crippen molar-refractivity contribution >= 4 is 0 Å². The van der Waals surface area contributed by atoms with E-state index in [2.05, 4.69) is 40.7 Å². The fourth-order valence-corrected chi connectivity index (χ4v) is 5.27. The van der Waals surface area contributed by atoms with Crippen molar-refractivity contribution in [1.29, 1.82) is 0 Å². The van der Waals surface area contributed by atoms with Crippen molar-refractivity contribution < 1.29 is 14.6 Å². The highest BCUT2D eigenvalue weighted by molar-refractivity contribution is 5.46. The van der Waals surface area contributed by atoms with Gasteiger partial charge in [-0.15, -0.1) is 0 Å².